The zero-order chi connectivity index (χ0) is 36.2. The van der Waals surface area contributed by atoms with E-state index in [1.807, 2.05) is 24.3 Å². The Kier molecular flexibility index (Phi) is 18.7. The number of aromatic hydroxyl groups is 2. The van der Waals surface area contributed by atoms with Crippen molar-refractivity contribution in [3.63, 3.8) is 0 Å². The first-order valence-electron chi connectivity index (χ1n) is 16.7. The van der Waals surface area contributed by atoms with Crippen molar-refractivity contribution in [2.75, 3.05) is 105 Å². The van der Waals surface area contributed by atoms with E-state index in [0.29, 0.717) is 90.8 Å². The summed E-state index contributed by atoms with van der Waals surface area (Å²) in [5.74, 6) is 2.99. The number of aliphatic imine (C=N–C) groups is 2. The van der Waals surface area contributed by atoms with Gasteiger partial charge in [-0.05, 0) is 52.0 Å². The highest BCUT2D eigenvalue weighted by Gasteiger charge is 2.29. The van der Waals surface area contributed by atoms with Gasteiger partial charge in [-0.15, -0.1) is 23.5 Å². The number of ether oxygens (including phenoxy) is 8. The van der Waals surface area contributed by atoms with E-state index in [1.54, 1.807) is 49.9 Å². The normalized spacial score (nSPS) is 16.0. The van der Waals surface area contributed by atoms with Crippen LogP contribution < -0.4 is 9.47 Å². The quantitative estimate of drug-likeness (QED) is 0.149. The summed E-state index contributed by atoms with van der Waals surface area (Å²) >= 11 is 3.31. The molecule has 0 amide bonds. The number of hydrogen-bond acceptors (Lipinski definition) is 14. The van der Waals surface area contributed by atoms with E-state index in [0.717, 1.165) is 32.7 Å². The molecular weight excluding hydrogens is 685 g/mol. The van der Waals surface area contributed by atoms with Crippen LogP contribution in [-0.4, -0.2) is 136 Å². The second-order valence-electron chi connectivity index (χ2n) is 12.5. The first-order valence-corrected chi connectivity index (χ1v) is 18.7. The number of hydrogen-bond donors (Lipinski definition) is 2. The fourth-order valence-corrected chi connectivity index (χ4v) is 6.79. The van der Waals surface area contributed by atoms with Crippen LogP contribution in [0.25, 0.3) is 0 Å². The third-order valence-corrected chi connectivity index (χ3v) is 9.84. The number of phenolic OH excluding ortho intramolecular Hbond substituents is 2. The molecule has 2 heterocycles. The molecule has 0 spiro atoms. The average Bonchev–Trinajstić information content (AvgIpc) is 3.64. The molecule has 0 bridgehead atoms. The minimum Gasteiger partial charge on any atom is -0.504 e. The van der Waals surface area contributed by atoms with Crippen LogP contribution >= 0.6 is 23.5 Å². The summed E-state index contributed by atoms with van der Waals surface area (Å²) in [4.78, 5) is 9.32. The van der Waals surface area contributed by atoms with Crippen LogP contribution in [0.1, 0.15) is 38.8 Å². The Balaban J connectivity index is 0.000000270. The lowest BCUT2D eigenvalue weighted by Crippen LogP contribution is -2.15. The molecule has 0 atom stereocenters. The lowest BCUT2D eigenvalue weighted by atomic mass is 10.1. The van der Waals surface area contributed by atoms with Gasteiger partial charge in [-0.2, -0.15) is 0 Å². The molecule has 0 aromatic heterocycles. The van der Waals surface area contributed by atoms with Gasteiger partial charge in [0.1, 0.15) is 23.3 Å². The molecule has 2 aromatic rings. The first kappa shape index (κ1) is 41.9. The molecule has 0 unspecified atom stereocenters. The summed E-state index contributed by atoms with van der Waals surface area (Å²) in [5, 5.41) is 22.6. The Morgan fingerprint density at radius 3 is 1.20 bits per heavy atom. The smallest absolute Gasteiger partial charge is 0.167 e. The minimum absolute atomic E-state index is 0.0948. The molecule has 4 rings (SSSR count). The highest BCUT2D eigenvalue weighted by Crippen LogP contribution is 2.38. The van der Waals surface area contributed by atoms with Gasteiger partial charge < -0.3 is 48.1 Å². The van der Waals surface area contributed by atoms with E-state index in [2.05, 4.69) is 37.7 Å². The van der Waals surface area contributed by atoms with Crippen LogP contribution in [0.4, 0.5) is 0 Å². The summed E-state index contributed by atoms with van der Waals surface area (Å²) < 4.78 is 42.5. The van der Waals surface area contributed by atoms with Crippen molar-refractivity contribution in [3.05, 3.63) is 47.5 Å². The molecule has 14 heteroatoms. The topological polar surface area (TPSA) is 139 Å². The van der Waals surface area contributed by atoms with Gasteiger partial charge in [-0.25, -0.2) is 0 Å². The third-order valence-electron chi connectivity index (χ3n) is 6.97. The predicted molar refractivity (Wildman–Crippen MR) is 200 cm³/mol. The van der Waals surface area contributed by atoms with Gasteiger partial charge in [-0.3, -0.25) is 9.98 Å². The van der Waals surface area contributed by atoms with Gasteiger partial charge in [0.2, 0.25) is 0 Å². The molecule has 0 saturated carbocycles. The molecule has 2 aliphatic heterocycles. The fraction of sp³-hybridized carbons (Fsp3) is 0.611. The van der Waals surface area contributed by atoms with Crippen molar-refractivity contribution >= 4 is 33.6 Å². The Hall–Kier alpha value is -2.56. The van der Waals surface area contributed by atoms with E-state index in [9.17, 15) is 10.2 Å². The zero-order valence-corrected chi connectivity index (χ0v) is 31.9. The van der Waals surface area contributed by atoms with Crippen LogP contribution in [0.2, 0.25) is 0 Å². The van der Waals surface area contributed by atoms with Crippen LogP contribution in [-0.2, 0) is 28.4 Å². The highest BCUT2D eigenvalue weighted by molar-refractivity contribution is 8.15. The summed E-state index contributed by atoms with van der Waals surface area (Å²) in [6.07, 6.45) is 0. The predicted octanol–water partition coefficient (Wildman–Crippen LogP) is 5.45. The van der Waals surface area contributed by atoms with Crippen LogP contribution in [0.15, 0.2) is 46.4 Å². The highest BCUT2D eigenvalue weighted by atomic mass is 32.2. The fourth-order valence-electron chi connectivity index (χ4n) is 4.42. The minimum atomic E-state index is -0.0948. The van der Waals surface area contributed by atoms with Gasteiger partial charge in [0, 0.05) is 25.7 Å². The van der Waals surface area contributed by atoms with Crippen LogP contribution in [0.5, 0.6) is 23.0 Å². The van der Waals surface area contributed by atoms with Crippen LogP contribution in [0.3, 0.4) is 0 Å². The SMILES string of the molecule is COCCOCCOCCOc1cccc(C2=NC(C)(C)CS2)c1O.COCCOCCOCCOc1cccc(C2=NC(C)(C)CS2)c1O. The molecule has 0 radical (unpaired) electrons. The molecule has 50 heavy (non-hydrogen) atoms. The summed E-state index contributed by atoms with van der Waals surface area (Å²) in [6.45, 7) is 14.3. The summed E-state index contributed by atoms with van der Waals surface area (Å²) in [6, 6.07) is 11.0. The van der Waals surface area contributed by atoms with E-state index in [-0.39, 0.29) is 22.6 Å². The maximum Gasteiger partial charge on any atom is 0.167 e. The van der Waals surface area contributed by atoms with Gasteiger partial charge in [0.25, 0.3) is 0 Å². The van der Waals surface area contributed by atoms with E-state index < -0.39 is 0 Å². The van der Waals surface area contributed by atoms with Crippen molar-refractivity contribution < 1.29 is 48.1 Å². The number of phenols is 2. The largest absolute Gasteiger partial charge is 0.504 e. The maximum atomic E-state index is 10.5. The molecule has 0 fully saturated rings. The van der Waals surface area contributed by atoms with Crippen molar-refractivity contribution in [2.45, 2.75) is 38.8 Å². The molecule has 12 nitrogen and oxygen atoms in total. The Morgan fingerprint density at radius 2 is 0.880 bits per heavy atom. The van der Waals surface area contributed by atoms with E-state index >= 15 is 0 Å². The van der Waals surface area contributed by atoms with E-state index in [1.165, 1.54) is 0 Å². The van der Waals surface area contributed by atoms with Gasteiger partial charge >= 0.3 is 0 Å². The molecule has 2 aliphatic rings. The lowest BCUT2D eigenvalue weighted by Gasteiger charge is -2.12. The Morgan fingerprint density at radius 1 is 0.540 bits per heavy atom. The summed E-state index contributed by atoms with van der Waals surface area (Å²) in [5.41, 5.74) is 1.26. The number of para-hydroxylation sites is 2. The molecule has 2 aromatic carbocycles. The number of benzene rings is 2. The second-order valence-corrected chi connectivity index (χ2v) is 14.4. The van der Waals surface area contributed by atoms with Crippen molar-refractivity contribution in [1.29, 1.82) is 0 Å². The number of thioether (sulfide) groups is 2. The monoisotopic (exact) mass is 738 g/mol. The molecular formula is C36H54N2O10S2. The molecule has 2 N–H and O–H groups in total. The number of nitrogens with zero attached hydrogens (tertiary/aromatic N) is 2. The first-order chi connectivity index (χ1) is 24.1. The summed E-state index contributed by atoms with van der Waals surface area (Å²) in [7, 11) is 3.28. The second kappa shape index (κ2) is 22.4. The van der Waals surface area contributed by atoms with Gasteiger partial charge in [0.05, 0.1) is 88.3 Å². The van der Waals surface area contributed by atoms with Gasteiger partial charge in [-0.1, -0.05) is 12.1 Å². The Bertz CT molecular complexity index is 1250. The Labute approximate surface area is 305 Å². The van der Waals surface area contributed by atoms with Crippen molar-refractivity contribution in [2.24, 2.45) is 9.98 Å². The lowest BCUT2D eigenvalue weighted by molar-refractivity contribution is 0.0178. The van der Waals surface area contributed by atoms with Crippen LogP contribution in [0, 0.1) is 0 Å². The van der Waals surface area contributed by atoms with E-state index in [4.69, 9.17) is 37.9 Å². The standard InChI is InChI=1S/2C18H27NO5S/c2*1-18(2)13-25-17(19-18)14-5-4-6-15(16(14)20)24-12-11-23-10-9-22-8-7-21-3/h2*4-6,20H,7-13H2,1-3H3. The maximum absolute atomic E-state index is 10.5. The van der Waals surface area contributed by atoms with Crippen molar-refractivity contribution in [3.8, 4) is 23.0 Å². The number of methoxy groups -OCH3 is 2. The third kappa shape index (κ3) is 15.0. The number of rotatable bonds is 22. The molecule has 280 valence electrons. The molecule has 0 saturated heterocycles. The van der Waals surface area contributed by atoms with Gasteiger partial charge in [0.15, 0.2) is 23.0 Å². The average molecular weight is 739 g/mol. The van der Waals surface area contributed by atoms with Crippen molar-refractivity contribution in [1.82, 2.24) is 0 Å². The zero-order valence-electron chi connectivity index (χ0n) is 30.2. The molecule has 0 aliphatic carbocycles.